The predicted molar refractivity (Wildman–Crippen MR) is 88.3 cm³/mol. The maximum atomic E-state index is 4.59. The predicted octanol–water partition coefficient (Wildman–Crippen LogP) is 4.76. The number of anilines is 1. The molecule has 1 unspecified atom stereocenters. The number of nitrogens with one attached hydrogen (secondary N) is 1. The second-order valence-corrected chi connectivity index (χ2v) is 6.10. The Hall–Kier alpha value is -1.29. The van der Waals surface area contributed by atoms with Gasteiger partial charge in [0, 0.05) is 28.0 Å². The second kappa shape index (κ2) is 6.00. The molecule has 2 rings (SSSR count). The Morgan fingerprint density at radius 3 is 2.55 bits per heavy atom. The number of halogens is 1. The van der Waals surface area contributed by atoms with Gasteiger partial charge in [-0.05, 0) is 68.2 Å². The Morgan fingerprint density at radius 2 is 2.00 bits per heavy atom. The van der Waals surface area contributed by atoms with Gasteiger partial charge in [0.2, 0.25) is 0 Å². The van der Waals surface area contributed by atoms with Crippen molar-refractivity contribution in [1.29, 1.82) is 0 Å². The molecule has 20 heavy (non-hydrogen) atoms. The molecule has 2 aromatic rings. The molecule has 1 aromatic carbocycles. The lowest BCUT2D eigenvalue weighted by Crippen LogP contribution is -2.09. The molecule has 0 aliphatic heterocycles. The molecular formula is C16H22BrN3. The maximum Gasteiger partial charge on any atom is 0.0649 e. The van der Waals surface area contributed by atoms with Crippen LogP contribution in [0.3, 0.4) is 0 Å². The van der Waals surface area contributed by atoms with E-state index in [2.05, 4.69) is 83.8 Å². The Balaban J connectivity index is 2.28. The summed E-state index contributed by atoms with van der Waals surface area (Å²) in [6.45, 7) is 11.5. The number of hydrogen-bond acceptors (Lipinski definition) is 2. The monoisotopic (exact) mass is 335 g/mol. The van der Waals surface area contributed by atoms with E-state index in [1.54, 1.807) is 0 Å². The molecule has 1 N–H and O–H groups in total. The third-order valence-electron chi connectivity index (χ3n) is 3.67. The topological polar surface area (TPSA) is 29.9 Å². The zero-order chi connectivity index (χ0) is 14.9. The van der Waals surface area contributed by atoms with Gasteiger partial charge in [-0.3, -0.25) is 4.68 Å². The maximum absolute atomic E-state index is 4.59. The van der Waals surface area contributed by atoms with Crippen molar-refractivity contribution >= 4 is 21.6 Å². The Bertz CT molecular complexity index is 616. The molecule has 0 saturated heterocycles. The third kappa shape index (κ3) is 2.90. The first kappa shape index (κ1) is 15.1. The molecule has 1 atom stereocenters. The molecule has 0 aliphatic rings. The molecule has 3 nitrogen and oxygen atoms in total. The molecule has 1 aromatic heterocycles. The summed E-state index contributed by atoms with van der Waals surface area (Å²) in [5, 5.41) is 8.17. The standard InChI is InChI=1S/C16H22BrN3/c1-6-20-13(5)16(12(4)19-20)11(3)18-15-8-7-10(2)9-14(15)17/h7-9,11,18H,6H2,1-5H3. The average Bonchev–Trinajstić information content (AvgIpc) is 2.67. The molecular weight excluding hydrogens is 314 g/mol. The van der Waals surface area contributed by atoms with E-state index in [0.717, 1.165) is 22.4 Å². The number of rotatable bonds is 4. The molecule has 0 amide bonds. The summed E-state index contributed by atoms with van der Waals surface area (Å²) in [5.41, 5.74) is 6.01. The average molecular weight is 336 g/mol. The normalized spacial score (nSPS) is 12.5. The quantitative estimate of drug-likeness (QED) is 0.872. The van der Waals surface area contributed by atoms with E-state index in [9.17, 15) is 0 Å². The largest absolute Gasteiger partial charge is 0.377 e. The molecule has 108 valence electrons. The van der Waals surface area contributed by atoms with Crippen LogP contribution in [0.1, 0.15) is 42.4 Å². The number of aromatic nitrogens is 2. The third-order valence-corrected chi connectivity index (χ3v) is 4.32. The lowest BCUT2D eigenvalue weighted by atomic mass is 10.1. The molecule has 4 heteroatoms. The lowest BCUT2D eigenvalue weighted by molar-refractivity contribution is 0.632. The van der Waals surface area contributed by atoms with Gasteiger partial charge < -0.3 is 5.32 Å². The van der Waals surface area contributed by atoms with E-state index >= 15 is 0 Å². The van der Waals surface area contributed by atoms with E-state index in [-0.39, 0.29) is 6.04 Å². The zero-order valence-electron chi connectivity index (χ0n) is 12.8. The molecule has 0 fully saturated rings. The van der Waals surface area contributed by atoms with E-state index in [1.165, 1.54) is 16.8 Å². The van der Waals surface area contributed by atoms with Crippen LogP contribution in [0, 0.1) is 20.8 Å². The molecule has 0 aliphatic carbocycles. The van der Waals surface area contributed by atoms with Crippen LogP contribution in [0.5, 0.6) is 0 Å². The van der Waals surface area contributed by atoms with Crippen molar-refractivity contribution in [2.45, 2.75) is 47.2 Å². The van der Waals surface area contributed by atoms with Crippen LogP contribution in [0.25, 0.3) is 0 Å². The van der Waals surface area contributed by atoms with Crippen molar-refractivity contribution in [2.24, 2.45) is 0 Å². The minimum absolute atomic E-state index is 0.231. The van der Waals surface area contributed by atoms with Crippen LogP contribution in [0.2, 0.25) is 0 Å². The summed E-state index contributed by atoms with van der Waals surface area (Å²) in [5.74, 6) is 0. The molecule has 0 radical (unpaired) electrons. The van der Waals surface area contributed by atoms with Crippen LogP contribution in [-0.4, -0.2) is 9.78 Å². The van der Waals surface area contributed by atoms with E-state index in [4.69, 9.17) is 0 Å². The summed E-state index contributed by atoms with van der Waals surface area (Å²) < 4.78 is 3.16. The summed E-state index contributed by atoms with van der Waals surface area (Å²) in [6, 6.07) is 6.60. The summed E-state index contributed by atoms with van der Waals surface area (Å²) in [6.07, 6.45) is 0. The summed E-state index contributed by atoms with van der Waals surface area (Å²) in [4.78, 5) is 0. The van der Waals surface area contributed by atoms with Crippen LogP contribution in [-0.2, 0) is 6.54 Å². The van der Waals surface area contributed by atoms with Crippen molar-refractivity contribution in [1.82, 2.24) is 9.78 Å². The van der Waals surface area contributed by atoms with Crippen molar-refractivity contribution in [3.05, 3.63) is 45.2 Å². The van der Waals surface area contributed by atoms with Crippen LogP contribution in [0.15, 0.2) is 22.7 Å². The van der Waals surface area contributed by atoms with Crippen molar-refractivity contribution < 1.29 is 0 Å². The SMILES string of the molecule is CCn1nc(C)c(C(C)Nc2ccc(C)cc2Br)c1C. The fraction of sp³-hybridized carbons (Fsp3) is 0.438. The van der Waals surface area contributed by atoms with Gasteiger partial charge in [0.25, 0.3) is 0 Å². The molecule has 0 spiro atoms. The second-order valence-electron chi connectivity index (χ2n) is 5.25. The fourth-order valence-corrected chi connectivity index (χ4v) is 3.30. The molecule has 1 heterocycles. The lowest BCUT2D eigenvalue weighted by Gasteiger charge is -2.17. The Labute approximate surface area is 129 Å². The number of nitrogens with zero attached hydrogens (tertiary/aromatic N) is 2. The van der Waals surface area contributed by atoms with Gasteiger partial charge in [-0.15, -0.1) is 0 Å². The highest BCUT2D eigenvalue weighted by Crippen LogP contribution is 2.29. The van der Waals surface area contributed by atoms with Crippen molar-refractivity contribution in [3.8, 4) is 0 Å². The van der Waals surface area contributed by atoms with E-state index in [0.29, 0.717) is 0 Å². The van der Waals surface area contributed by atoms with Gasteiger partial charge in [-0.25, -0.2) is 0 Å². The first-order chi connectivity index (χ1) is 9.43. The highest BCUT2D eigenvalue weighted by Gasteiger charge is 2.17. The van der Waals surface area contributed by atoms with E-state index in [1.807, 2.05) is 0 Å². The highest BCUT2D eigenvalue weighted by atomic mass is 79.9. The minimum Gasteiger partial charge on any atom is -0.377 e. The molecule has 0 saturated carbocycles. The van der Waals surface area contributed by atoms with Crippen LogP contribution in [0.4, 0.5) is 5.69 Å². The number of hydrogen-bond donors (Lipinski definition) is 1. The van der Waals surface area contributed by atoms with Gasteiger partial charge in [-0.2, -0.15) is 5.10 Å². The summed E-state index contributed by atoms with van der Waals surface area (Å²) >= 11 is 3.62. The van der Waals surface area contributed by atoms with Gasteiger partial charge in [-0.1, -0.05) is 6.07 Å². The first-order valence-corrected chi connectivity index (χ1v) is 7.80. The van der Waals surface area contributed by atoms with Gasteiger partial charge in [0.05, 0.1) is 11.7 Å². The fourth-order valence-electron chi connectivity index (χ4n) is 2.69. The Kier molecular flexibility index (Phi) is 4.53. The van der Waals surface area contributed by atoms with Crippen molar-refractivity contribution in [3.63, 3.8) is 0 Å². The van der Waals surface area contributed by atoms with Crippen LogP contribution >= 0.6 is 15.9 Å². The molecule has 0 bridgehead atoms. The zero-order valence-corrected chi connectivity index (χ0v) is 14.4. The van der Waals surface area contributed by atoms with E-state index < -0.39 is 0 Å². The Morgan fingerprint density at radius 1 is 1.30 bits per heavy atom. The number of aryl methyl sites for hydroxylation is 3. The number of benzene rings is 1. The van der Waals surface area contributed by atoms with Gasteiger partial charge in [0.1, 0.15) is 0 Å². The first-order valence-electron chi connectivity index (χ1n) is 7.00. The van der Waals surface area contributed by atoms with Gasteiger partial charge in [0.15, 0.2) is 0 Å². The smallest absolute Gasteiger partial charge is 0.0649 e. The van der Waals surface area contributed by atoms with Crippen molar-refractivity contribution in [2.75, 3.05) is 5.32 Å². The van der Waals surface area contributed by atoms with Gasteiger partial charge >= 0.3 is 0 Å². The van der Waals surface area contributed by atoms with Crippen LogP contribution < -0.4 is 5.32 Å². The highest BCUT2D eigenvalue weighted by molar-refractivity contribution is 9.10. The summed E-state index contributed by atoms with van der Waals surface area (Å²) in [7, 11) is 0. The minimum atomic E-state index is 0.231.